The molecule has 0 unspecified atom stereocenters. The van der Waals surface area contributed by atoms with Crippen molar-refractivity contribution in [2.24, 2.45) is 5.41 Å². The fourth-order valence-electron chi connectivity index (χ4n) is 2.99. The van der Waals surface area contributed by atoms with E-state index in [0.717, 1.165) is 16.3 Å². The Kier molecular flexibility index (Phi) is 3.86. The van der Waals surface area contributed by atoms with E-state index >= 15 is 0 Å². The van der Waals surface area contributed by atoms with Crippen LogP contribution in [0.5, 0.6) is 5.75 Å². The molecule has 1 aromatic carbocycles. The van der Waals surface area contributed by atoms with Crippen molar-refractivity contribution in [1.82, 2.24) is 5.32 Å². The second kappa shape index (κ2) is 5.45. The van der Waals surface area contributed by atoms with Crippen molar-refractivity contribution in [3.05, 3.63) is 28.2 Å². The summed E-state index contributed by atoms with van der Waals surface area (Å²) in [5.74, 6) is 0.919. The van der Waals surface area contributed by atoms with Crippen molar-refractivity contribution in [2.75, 3.05) is 13.7 Å². The van der Waals surface area contributed by atoms with Gasteiger partial charge in [0.05, 0.1) is 11.6 Å². The molecule has 3 rings (SSSR count). The van der Waals surface area contributed by atoms with Gasteiger partial charge < -0.3 is 10.1 Å². The van der Waals surface area contributed by atoms with Crippen molar-refractivity contribution in [3.8, 4) is 5.75 Å². The molecule has 0 radical (unpaired) electrons. The maximum Gasteiger partial charge on any atom is 0.133 e. The van der Waals surface area contributed by atoms with Crippen LogP contribution >= 0.6 is 15.9 Å². The van der Waals surface area contributed by atoms with Gasteiger partial charge in [-0.05, 0) is 71.1 Å². The van der Waals surface area contributed by atoms with Crippen molar-refractivity contribution < 1.29 is 4.74 Å². The highest BCUT2D eigenvalue weighted by atomic mass is 79.9. The third-order valence-corrected chi connectivity index (χ3v) is 5.17. The summed E-state index contributed by atoms with van der Waals surface area (Å²) in [6.45, 7) is 1.20. The van der Waals surface area contributed by atoms with Crippen molar-refractivity contribution >= 4 is 15.9 Å². The molecule has 0 bridgehead atoms. The molecule has 2 saturated carbocycles. The number of rotatable bonds is 6. The minimum absolute atomic E-state index is 0.511. The Morgan fingerprint density at radius 1 is 1.37 bits per heavy atom. The van der Waals surface area contributed by atoms with Gasteiger partial charge >= 0.3 is 0 Å². The zero-order valence-corrected chi connectivity index (χ0v) is 13.1. The average molecular weight is 324 g/mol. The van der Waals surface area contributed by atoms with E-state index in [1.165, 1.54) is 50.6 Å². The van der Waals surface area contributed by atoms with Gasteiger partial charge in [0.2, 0.25) is 0 Å². The lowest BCUT2D eigenvalue weighted by molar-refractivity contribution is 0.129. The minimum atomic E-state index is 0.511. The molecule has 0 aromatic heterocycles. The van der Waals surface area contributed by atoms with Crippen LogP contribution in [0.25, 0.3) is 0 Å². The maximum atomic E-state index is 5.30. The highest BCUT2D eigenvalue weighted by molar-refractivity contribution is 9.10. The fourth-order valence-corrected chi connectivity index (χ4v) is 3.58. The molecule has 0 atom stereocenters. The molecule has 2 fully saturated rings. The van der Waals surface area contributed by atoms with E-state index in [1.807, 2.05) is 0 Å². The van der Waals surface area contributed by atoms with Crippen LogP contribution in [0.3, 0.4) is 0 Å². The molecule has 0 aliphatic heterocycles. The molecule has 1 aromatic rings. The highest BCUT2D eigenvalue weighted by Gasteiger charge is 2.38. The summed E-state index contributed by atoms with van der Waals surface area (Å²) in [4.78, 5) is 0. The molecule has 0 spiro atoms. The average Bonchev–Trinajstić information content (AvgIpc) is 3.16. The Bertz CT molecular complexity index is 452. The van der Waals surface area contributed by atoms with Gasteiger partial charge in [-0.3, -0.25) is 0 Å². The van der Waals surface area contributed by atoms with Crippen LogP contribution in [0.15, 0.2) is 22.7 Å². The zero-order chi connectivity index (χ0) is 13.3. The number of benzene rings is 1. The molecule has 2 aliphatic carbocycles. The minimum Gasteiger partial charge on any atom is -0.496 e. The Labute approximate surface area is 124 Å². The third kappa shape index (κ3) is 3.14. The van der Waals surface area contributed by atoms with Crippen LogP contribution in [0.2, 0.25) is 0 Å². The molecular weight excluding hydrogens is 302 g/mol. The summed E-state index contributed by atoms with van der Waals surface area (Å²) in [5, 5.41) is 3.72. The Hall–Kier alpha value is -0.540. The van der Waals surface area contributed by atoms with E-state index in [1.54, 1.807) is 7.11 Å². The monoisotopic (exact) mass is 323 g/mol. The van der Waals surface area contributed by atoms with Crippen LogP contribution in [0, 0.1) is 5.41 Å². The molecule has 0 saturated heterocycles. The van der Waals surface area contributed by atoms with Crippen LogP contribution in [-0.4, -0.2) is 19.7 Å². The predicted octanol–water partition coefficient (Wildman–Crippen LogP) is 3.92. The summed E-state index contributed by atoms with van der Waals surface area (Å²) in [5.41, 5.74) is 1.93. The van der Waals surface area contributed by atoms with Crippen LogP contribution in [-0.2, 0) is 6.42 Å². The smallest absolute Gasteiger partial charge is 0.133 e. The first-order valence-electron chi connectivity index (χ1n) is 7.27. The first kappa shape index (κ1) is 13.4. The Morgan fingerprint density at radius 2 is 2.16 bits per heavy atom. The Morgan fingerprint density at radius 3 is 2.68 bits per heavy atom. The summed E-state index contributed by atoms with van der Waals surface area (Å²) in [7, 11) is 1.72. The lowest BCUT2D eigenvalue weighted by Gasteiger charge is -2.42. The normalized spacial score (nSPS) is 20.9. The quantitative estimate of drug-likeness (QED) is 0.856. The summed E-state index contributed by atoms with van der Waals surface area (Å²) in [6, 6.07) is 7.32. The summed E-state index contributed by atoms with van der Waals surface area (Å²) < 4.78 is 6.37. The van der Waals surface area contributed by atoms with Crippen LogP contribution in [0.1, 0.15) is 37.7 Å². The summed E-state index contributed by atoms with van der Waals surface area (Å²) >= 11 is 3.59. The second-order valence-corrected chi connectivity index (χ2v) is 7.01. The van der Waals surface area contributed by atoms with E-state index in [-0.39, 0.29) is 0 Å². The van der Waals surface area contributed by atoms with E-state index < -0.39 is 0 Å². The molecule has 19 heavy (non-hydrogen) atoms. The lowest BCUT2D eigenvalue weighted by atomic mass is 9.65. The molecule has 2 aliphatic rings. The zero-order valence-electron chi connectivity index (χ0n) is 11.5. The van der Waals surface area contributed by atoms with Gasteiger partial charge in [-0.25, -0.2) is 0 Å². The number of hydrogen-bond donors (Lipinski definition) is 1. The van der Waals surface area contributed by atoms with Gasteiger partial charge in [-0.15, -0.1) is 0 Å². The Balaban J connectivity index is 1.65. The maximum absolute atomic E-state index is 5.30. The number of halogens is 1. The van der Waals surface area contributed by atoms with E-state index in [9.17, 15) is 0 Å². The van der Waals surface area contributed by atoms with E-state index in [2.05, 4.69) is 39.4 Å². The molecule has 2 nitrogen and oxygen atoms in total. The molecular formula is C16H22BrNO. The van der Waals surface area contributed by atoms with Gasteiger partial charge in [0.15, 0.2) is 0 Å². The third-order valence-electron chi connectivity index (χ3n) is 4.55. The summed E-state index contributed by atoms with van der Waals surface area (Å²) in [6.07, 6.45) is 8.08. The largest absolute Gasteiger partial charge is 0.496 e. The van der Waals surface area contributed by atoms with Gasteiger partial charge in [0, 0.05) is 12.6 Å². The SMILES string of the molecule is COc1ccc(CC2(CNC3CC3)CCC2)cc1Br. The van der Waals surface area contributed by atoms with Crippen LogP contribution in [0.4, 0.5) is 0 Å². The number of hydrogen-bond acceptors (Lipinski definition) is 2. The molecule has 0 heterocycles. The van der Waals surface area contributed by atoms with E-state index in [4.69, 9.17) is 4.74 Å². The van der Waals surface area contributed by atoms with Gasteiger partial charge in [-0.2, -0.15) is 0 Å². The standard InChI is InChI=1S/C16H22BrNO/c1-19-15-6-3-12(9-14(15)17)10-16(7-2-8-16)11-18-13-4-5-13/h3,6,9,13,18H,2,4-5,7-8,10-11H2,1H3. The number of ether oxygens (including phenoxy) is 1. The molecule has 0 amide bonds. The van der Waals surface area contributed by atoms with Crippen molar-refractivity contribution in [2.45, 2.75) is 44.6 Å². The first-order valence-corrected chi connectivity index (χ1v) is 8.06. The molecule has 3 heteroatoms. The highest BCUT2D eigenvalue weighted by Crippen LogP contribution is 2.44. The fraction of sp³-hybridized carbons (Fsp3) is 0.625. The van der Waals surface area contributed by atoms with Crippen molar-refractivity contribution in [3.63, 3.8) is 0 Å². The van der Waals surface area contributed by atoms with E-state index in [0.29, 0.717) is 5.41 Å². The number of methoxy groups -OCH3 is 1. The molecule has 104 valence electrons. The van der Waals surface area contributed by atoms with Crippen molar-refractivity contribution in [1.29, 1.82) is 0 Å². The number of nitrogens with one attached hydrogen (secondary N) is 1. The lowest BCUT2D eigenvalue weighted by Crippen LogP contribution is -2.42. The first-order chi connectivity index (χ1) is 9.21. The second-order valence-electron chi connectivity index (χ2n) is 6.15. The topological polar surface area (TPSA) is 21.3 Å². The van der Waals surface area contributed by atoms with Gasteiger partial charge in [0.25, 0.3) is 0 Å². The van der Waals surface area contributed by atoms with Gasteiger partial charge in [-0.1, -0.05) is 12.5 Å². The molecule has 1 N–H and O–H groups in total. The van der Waals surface area contributed by atoms with Crippen LogP contribution < -0.4 is 10.1 Å². The predicted molar refractivity (Wildman–Crippen MR) is 81.7 cm³/mol. The van der Waals surface area contributed by atoms with Gasteiger partial charge in [0.1, 0.15) is 5.75 Å².